The van der Waals surface area contributed by atoms with E-state index in [1.165, 1.54) is 34.3 Å². The highest BCUT2D eigenvalue weighted by Gasteiger charge is 2.49. The molecule has 5 rings (SSSR count). The summed E-state index contributed by atoms with van der Waals surface area (Å²) in [5.74, 6) is -0.458. The third-order valence-electron chi connectivity index (χ3n) is 5.77. The average Bonchev–Trinajstić information content (AvgIpc) is 3.68. The van der Waals surface area contributed by atoms with E-state index in [4.69, 9.17) is 20.8 Å². The van der Waals surface area contributed by atoms with E-state index in [0.29, 0.717) is 38.8 Å². The first-order chi connectivity index (χ1) is 18.5. The van der Waals surface area contributed by atoms with Gasteiger partial charge in [0.1, 0.15) is 23.3 Å². The van der Waals surface area contributed by atoms with Crippen molar-refractivity contribution in [3.63, 3.8) is 0 Å². The van der Waals surface area contributed by atoms with E-state index >= 15 is 0 Å². The van der Waals surface area contributed by atoms with Crippen molar-refractivity contribution in [2.45, 2.75) is 29.5 Å². The predicted octanol–water partition coefficient (Wildman–Crippen LogP) is 6.49. The van der Waals surface area contributed by atoms with Gasteiger partial charge in [-0.1, -0.05) is 59.8 Å². The van der Waals surface area contributed by atoms with Gasteiger partial charge in [0.25, 0.3) is 5.78 Å². The van der Waals surface area contributed by atoms with Gasteiger partial charge < -0.3 is 14.3 Å². The number of rotatable bonds is 9. The van der Waals surface area contributed by atoms with Crippen LogP contribution in [0, 0.1) is 0 Å². The maximum Gasteiger partial charge on any atom is 0.302 e. The van der Waals surface area contributed by atoms with Crippen LogP contribution in [0.1, 0.15) is 36.3 Å². The molecule has 38 heavy (non-hydrogen) atoms. The number of hydrogen-bond acceptors (Lipinski definition) is 9. The lowest BCUT2D eigenvalue weighted by Crippen LogP contribution is -2.29. The molecule has 2 aromatic carbocycles. The quantitative estimate of drug-likeness (QED) is 0.0804. The van der Waals surface area contributed by atoms with Gasteiger partial charge in [0.15, 0.2) is 4.34 Å². The number of nitrogens with zero attached hydrogens (tertiary/aromatic N) is 3. The van der Waals surface area contributed by atoms with Crippen LogP contribution in [0.5, 0.6) is 5.75 Å². The van der Waals surface area contributed by atoms with Crippen molar-refractivity contribution in [1.29, 1.82) is 0 Å². The smallest absolute Gasteiger partial charge is 0.302 e. The molecule has 1 unspecified atom stereocenters. The van der Waals surface area contributed by atoms with E-state index in [0.717, 1.165) is 12.0 Å². The molecule has 0 saturated carbocycles. The van der Waals surface area contributed by atoms with E-state index in [2.05, 4.69) is 10.2 Å². The number of ketones is 1. The number of aromatic nitrogens is 2. The molecular formula is C27H22ClN3O5S2. The molecule has 1 saturated heterocycles. The number of hydrogen-bond donors (Lipinski definition) is 1. The molecule has 1 aliphatic rings. The van der Waals surface area contributed by atoms with Crippen molar-refractivity contribution in [1.82, 2.24) is 10.2 Å². The minimum absolute atomic E-state index is 0.0901. The summed E-state index contributed by atoms with van der Waals surface area (Å²) in [4.78, 5) is 27.7. The van der Waals surface area contributed by atoms with Crippen LogP contribution in [0.3, 0.4) is 0 Å². The van der Waals surface area contributed by atoms with Crippen LogP contribution in [0.4, 0.5) is 5.13 Å². The molecule has 1 aliphatic heterocycles. The standard InChI is InChI=1S/C27H22ClN3O5S2/c1-2-13-35-18-11-9-16(10-12-18)23(32)21-22(20-8-5-14-36-20)31(25(34)24(21)33)26-29-30-27(38-26)37-15-17-6-3-4-7-19(17)28/h3-12,14,22,32H,2,13,15H2,1H3/b23-21-. The van der Waals surface area contributed by atoms with Gasteiger partial charge in [0, 0.05) is 16.3 Å². The first kappa shape index (κ1) is 26.0. The van der Waals surface area contributed by atoms with Crippen LogP contribution < -0.4 is 9.64 Å². The number of aliphatic hydroxyl groups is 1. The Labute approximate surface area is 231 Å². The summed E-state index contributed by atoms with van der Waals surface area (Å²) < 4.78 is 11.8. The molecule has 1 amide bonds. The summed E-state index contributed by atoms with van der Waals surface area (Å²) in [6.07, 6.45) is 2.31. The lowest BCUT2D eigenvalue weighted by molar-refractivity contribution is -0.132. The second kappa shape index (κ2) is 11.4. The minimum Gasteiger partial charge on any atom is -0.507 e. The first-order valence-corrected chi connectivity index (χ1v) is 13.9. The number of Topliss-reactive ketones (excluding diaryl/α,β-unsaturated/α-hetero) is 1. The second-order valence-electron chi connectivity index (χ2n) is 8.29. The third kappa shape index (κ3) is 5.20. The molecule has 4 aromatic rings. The number of ether oxygens (including phenoxy) is 1. The largest absolute Gasteiger partial charge is 0.507 e. The molecule has 0 bridgehead atoms. The van der Waals surface area contributed by atoms with Crippen LogP contribution in [0.2, 0.25) is 5.02 Å². The maximum atomic E-state index is 13.2. The van der Waals surface area contributed by atoms with Crippen molar-refractivity contribution < 1.29 is 23.8 Å². The highest BCUT2D eigenvalue weighted by molar-refractivity contribution is 8.00. The van der Waals surface area contributed by atoms with Gasteiger partial charge in [0.2, 0.25) is 5.13 Å². The molecule has 1 atom stereocenters. The van der Waals surface area contributed by atoms with Gasteiger partial charge in [-0.15, -0.1) is 10.2 Å². The van der Waals surface area contributed by atoms with Crippen LogP contribution in [-0.4, -0.2) is 33.6 Å². The van der Waals surface area contributed by atoms with Crippen molar-refractivity contribution in [2.75, 3.05) is 11.5 Å². The van der Waals surface area contributed by atoms with Gasteiger partial charge in [-0.3, -0.25) is 14.5 Å². The average molecular weight is 568 g/mol. The SMILES string of the molecule is CCCOc1ccc(/C(O)=C2/C(=O)C(=O)N(c3nnc(SCc4ccccc4Cl)s3)C2c2ccco2)cc1. The van der Waals surface area contributed by atoms with Crippen LogP contribution >= 0.6 is 34.7 Å². The fourth-order valence-electron chi connectivity index (χ4n) is 3.94. The van der Waals surface area contributed by atoms with E-state index < -0.39 is 17.7 Å². The number of carbonyl (C=O) groups is 2. The van der Waals surface area contributed by atoms with Gasteiger partial charge in [0.05, 0.1) is 18.4 Å². The van der Waals surface area contributed by atoms with Crippen molar-refractivity contribution in [2.24, 2.45) is 0 Å². The molecule has 1 N–H and O–H groups in total. The fourth-order valence-corrected chi connectivity index (χ4v) is 6.10. The lowest BCUT2D eigenvalue weighted by atomic mass is 9.99. The summed E-state index contributed by atoms with van der Waals surface area (Å²) in [5, 5.41) is 20.5. The molecule has 0 spiro atoms. The summed E-state index contributed by atoms with van der Waals surface area (Å²) in [6, 6.07) is 16.5. The van der Waals surface area contributed by atoms with Gasteiger partial charge >= 0.3 is 5.91 Å². The van der Waals surface area contributed by atoms with Crippen LogP contribution in [0.25, 0.3) is 5.76 Å². The highest BCUT2D eigenvalue weighted by atomic mass is 35.5. The summed E-state index contributed by atoms with van der Waals surface area (Å²) in [6.45, 7) is 2.57. The maximum absolute atomic E-state index is 13.2. The monoisotopic (exact) mass is 567 g/mol. The predicted molar refractivity (Wildman–Crippen MR) is 147 cm³/mol. The molecule has 11 heteroatoms. The molecule has 1 fully saturated rings. The molecule has 194 valence electrons. The summed E-state index contributed by atoms with van der Waals surface area (Å²) in [7, 11) is 0. The number of furan rings is 1. The van der Waals surface area contributed by atoms with E-state index in [1.54, 1.807) is 36.4 Å². The van der Waals surface area contributed by atoms with Gasteiger partial charge in [-0.2, -0.15) is 0 Å². The zero-order valence-electron chi connectivity index (χ0n) is 20.2. The Kier molecular flexibility index (Phi) is 7.82. The van der Waals surface area contributed by atoms with Crippen molar-refractivity contribution in [3.8, 4) is 5.75 Å². The topological polar surface area (TPSA) is 106 Å². The van der Waals surface area contributed by atoms with Crippen LogP contribution in [-0.2, 0) is 15.3 Å². The molecular weight excluding hydrogens is 546 g/mol. The van der Waals surface area contributed by atoms with E-state index in [1.807, 2.05) is 31.2 Å². The summed E-state index contributed by atoms with van der Waals surface area (Å²) in [5.41, 5.74) is 1.22. The molecule has 0 aliphatic carbocycles. The number of halogens is 1. The Balaban J connectivity index is 1.47. The Morgan fingerprint density at radius 1 is 1.13 bits per heavy atom. The van der Waals surface area contributed by atoms with E-state index in [-0.39, 0.29) is 16.5 Å². The van der Waals surface area contributed by atoms with Crippen molar-refractivity contribution >= 4 is 57.3 Å². The summed E-state index contributed by atoms with van der Waals surface area (Å²) >= 11 is 8.84. The Bertz CT molecular complexity index is 1480. The Morgan fingerprint density at radius 3 is 2.63 bits per heavy atom. The number of carbonyl (C=O) groups excluding carboxylic acids is 2. The minimum atomic E-state index is -1.00. The first-order valence-electron chi connectivity index (χ1n) is 11.7. The number of aliphatic hydroxyl groups excluding tert-OH is 1. The second-order valence-corrected chi connectivity index (χ2v) is 10.9. The van der Waals surface area contributed by atoms with Crippen molar-refractivity contribution in [3.05, 3.63) is 94.4 Å². The number of anilines is 1. The van der Waals surface area contributed by atoms with Gasteiger partial charge in [-0.25, -0.2) is 0 Å². The number of amides is 1. The molecule has 3 heterocycles. The number of benzene rings is 2. The zero-order valence-corrected chi connectivity index (χ0v) is 22.6. The molecule has 8 nitrogen and oxygen atoms in total. The third-order valence-corrected chi connectivity index (χ3v) is 8.24. The fraction of sp³-hybridized carbons (Fsp3) is 0.185. The lowest BCUT2D eigenvalue weighted by Gasteiger charge is -2.20. The number of thioether (sulfide) groups is 1. The normalized spacial score (nSPS) is 16.8. The Morgan fingerprint density at radius 2 is 1.92 bits per heavy atom. The molecule has 0 radical (unpaired) electrons. The zero-order chi connectivity index (χ0) is 26.6. The van der Waals surface area contributed by atoms with Crippen LogP contribution in [0.15, 0.2) is 81.3 Å². The highest BCUT2D eigenvalue weighted by Crippen LogP contribution is 2.44. The van der Waals surface area contributed by atoms with E-state index in [9.17, 15) is 14.7 Å². The molecule has 2 aromatic heterocycles. The van der Waals surface area contributed by atoms with Gasteiger partial charge in [-0.05, 0) is 54.4 Å². The Hall–Kier alpha value is -3.60.